The molecule has 0 aliphatic carbocycles. The van der Waals surface area contributed by atoms with Gasteiger partial charge in [-0.05, 0) is 60.5 Å². The number of para-hydroxylation sites is 1. The van der Waals surface area contributed by atoms with Crippen LogP contribution in [0.25, 0.3) is 10.9 Å². The zero-order valence-corrected chi connectivity index (χ0v) is 19.4. The van der Waals surface area contributed by atoms with Crippen molar-refractivity contribution in [3.63, 3.8) is 0 Å². The number of anilines is 1. The van der Waals surface area contributed by atoms with Gasteiger partial charge in [-0.2, -0.15) is 0 Å². The maximum atomic E-state index is 12.7. The molecule has 1 heterocycles. The molecule has 3 N–H and O–H groups in total. The predicted molar refractivity (Wildman–Crippen MR) is 132 cm³/mol. The molecule has 0 saturated carbocycles. The minimum atomic E-state index is -3.74. The summed E-state index contributed by atoms with van der Waals surface area (Å²) in [5, 5.41) is 14.8. The van der Waals surface area contributed by atoms with Crippen LogP contribution in [-0.2, 0) is 16.4 Å². The fraction of sp³-hybridized carbons (Fsp3) is 0.160. The van der Waals surface area contributed by atoms with E-state index in [2.05, 4.69) is 15.0 Å². The third kappa shape index (κ3) is 6.09. The van der Waals surface area contributed by atoms with E-state index in [9.17, 15) is 13.5 Å². The monoisotopic (exact) mass is 481 g/mol. The molecule has 0 fully saturated rings. The number of aromatic nitrogens is 1. The van der Waals surface area contributed by atoms with E-state index in [1.165, 1.54) is 6.20 Å². The first kappa shape index (κ1) is 23.2. The number of halogens is 1. The molecule has 4 aromatic rings. The second-order valence-electron chi connectivity index (χ2n) is 7.69. The van der Waals surface area contributed by atoms with Crippen molar-refractivity contribution in [1.82, 2.24) is 10.3 Å². The number of sulfonamides is 1. The van der Waals surface area contributed by atoms with E-state index in [0.29, 0.717) is 23.8 Å². The van der Waals surface area contributed by atoms with Gasteiger partial charge in [0.15, 0.2) is 0 Å². The first-order chi connectivity index (χ1) is 15.9. The van der Waals surface area contributed by atoms with E-state index in [1.807, 2.05) is 48.5 Å². The highest BCUT2D eigenvalue weighted by atomic mass is 35.5. The number of benzene rings is 3. The van der Waals surface area contributed by atoms with Gasteiger partial charge in [0, 0.05) is 28.8 Å². The molecule has 0 amide bonds. The lowest BCUT2D eigenvalue weighted by molar-refractivity contribution is 0.175. The quantitative estimate of drug-likeness (QED) is 0.305. The Morgan fingerprint density at radius 3 is 2.55 bits per heavy atom. The van der Waals surface area contributed by atoms with Crippen LogP contribution in [0.1, 0.15) is 17.2 Å². The summed E-state index contributed by atoms with van der Waals surface area (Å²) in [4.78, 5) is 4.35. The smallest absolute Gasteiger partial charge is 0.263 e. The first-order valence-corrected chi connectivity index (χ1v) is 12.4. The van der Waals surface area contributed by atoms with Crippen LogP contribution >= 0.6 is 11.6 Å². The van der Waals surface area contributed by atoms with Crippen molar-refractivity contribution < 1.29 is 13.5 Å². The minimum Gasteiger partial charge on any atom is -0.387 e. The predicted octanol–water partition coefficient (Wildman–Crippen LogP) is 4.55. The van der Waals surface area contributed by atoms with Gasteiger partial charge in [0.1, 0.15) is 4.90 Å². The number of aliphatic hydroxyl groups excluding tert-OH is 1. The van der Waals surface area contributed by atoms with E-state index >= 15 is 0 Å². The lowest BCUT2D eigenvalue weighted by Crippen LogP contribution is -2.23. The second-order valence-corrected chi connectivity index (χ2v) is 9.81. The molecule has 0 aliphatic heterocycles. The molecular weight excluding hydrogens is 458 g/mol. The van der Waals surface area contributed by atoms with E-state index in [-0.39, 0.29) is 4.90 Å². The number of aliphatic hydroxyl groups is 1. The largest absolute Gasteiger partial charge is 0.387 e. The topological polar surface area (TPSA) is 91.3 Å². The van der Waals surface area contributed by atoms with Gasteiger partial charge in [0.05, 0.1) is 11.6 Å². The fourth-order valence-corrected chi connectivity index (χ4v) is 4.69. The van der Waals surface area contributed by atoms with Crippen molar-refractivity contribution in [2.75, 3.05) is 17.8 Å². The van der Waals surface area contributed by atoms with E-state index in [1.54, 1.807) is 30.3 Å². The minimum absolute atomic E-state index is 0.118. The molecular formula is C25H24ClN3O3S. The van der Waals surface area contributed by atoms with E-state index < -0.39 is 16.1 Å². The average Bonchev–Trinajstić information content (AvgIpc) is 2.82. The maximum absolute atomic E-state index is 12.7. The molecule has 0 bridgehead atoms. The SMILES string of the molecule is O=S(=O)(Nc1ccc(CCNCC(O)c2cccc(Cl)c2)cc1)c1cnc2ccccc2c1. The van der Waals surface area contributed by atoms with Gasteiger partial charge < -0.3 is 10.4 Å². The Morgan fingerprint density at radius 1 is 0.970 bits per heavy atom. The van der Waals surface area contributed by atoms with Crippen molar-refractivity contribution in [1.29, 1.82) is 0 Å². The molecule has 1 atom stereocenters. The van der Waals surface area contributed by atoms with Crippen molar-refractivity contribution in [2.45, 2.75) is 17.4 Å². The van der Waals surface area contributed by atoms with Gasteiger partial charge in [-0.3, -0.25) is 9.71 Å². The van der Waals surface area contributed by atoms with Crippen LogP contribution in [0.5, 0.6) is 0 Å². The maximum Gasteiger partial charge on any atom is 0.263 e. The molecule has 6 nitrogen and oxygen atoms in total. The Balaban J connectivity index is 1.30. The average molecular weight is 482 g/mol. The zero-order valence-electron chi connectivity index (χ0n) is 17.8. The van der Waals surface area contributed by atoms with Gasteiger partial charge in [-0.25, -0.2) is 8.42 Å². The molecule has 0 aliphatic rings. The number of nitrogens with zero attached hydrogens (tertiary/aromatic N) is 1. The molecule has 33 heavy (non-hydrogen) atoms. The summed E-state index contributed by atoms with van der Waals surface area (Å²) in [5.41, 5.74) is 3.05. The van der Waals surface area contributed by atoms with Gasteiger partial charge >= 0.3 is 0 Å². The van der Waals surface area contributed by atoms with E-state index in [4.69, 9.17) is 11.6 Å². The van der Waals surface area contributed by atoms with Crippen LogP contribution in [0.15, 0.2) is 90.0 Å². The van der Waals surface area contributed by atoms with Crippen molar-refractivity contribution >= 4 is 38.2 Å². The standard InChI is InChI=1S/C25H24ClN3O3S/c26-21-6-3-5-20(14-21)25(30)17-27-13-12-18-8-10-22(11-9-18)29-33(31,32)23-15-19-4-1-2-7-24(19)28-16-23/h1-11,14-16,25,27,29-30H,12-13,17H2. The normalized spacial score (nSPS) is 12.5. The number of hydrogen-bond donors (Lipinski definition) is 3. The highest BCUT2D eigenvalue weighted by Gasteiger charge is 2.15. The summed E-state index contributed by atoms with van der Waals surface area (Å²) in [6, 6.07) is 23.4. The lowest BCUT2D eigenvalue weighted by atomic mass is 10.1. The van der Waals surface area contributed by atoms with Crippen molar-refractivity contribution in [2.24, 2.45) is 0 Å². The molecule has 0 saturated heterocycles. The molecule has 1 unspecified atom stereocenters. The van der Waals surface area contributed by atoms with Gasteiger partial charge in [0.25, 0.3) is 10.0 Å². The molecule has 170 valence electrons. The summed E-state index contributed by atoms with van der Waals surface area (Å²) in [6.07, 6.45) is 1.47. The molecule has 0 radical (unpaired) electrons. The van der Waals surface area contributed by atoms with Crippen LogP contribution in [-0.4, -0.2) is 31.6 Å². The Kier molecular flexibility index (Phi) is 7.25. The molecule has 8 heteroatoms. The summed E-state index contributed by atoms with van der Waals surface area (Å²) < 4.78 is 28.1. The Hall–Kier alpha value is -2.97. The number of fused-ring (bicyclic) bond motifs is 1. The summed E-state index contributed by atoms with van der Waals surface area (Å²) in [7, 11) is -3.74. The van der Waals surface area contributed by atoms with Gasteiger partial charge in [0.2, 0.25) is 0 Å². The third-order valence-corrected chi connectivity index (χ3v) is 6.83. The zero-order chi connectivity index (χ0) is 23.3. The summed E-state index contributed by atoms with van der Waals surface area (Å²) >= 11 is 5.96. The summed E-state index contributed by atoms with van der Waals surface area (Å²) in [6.45, 7) is 1.09. The second kappa shape index (κ2) is 10.3. The summed E-state index contributed by atoms with van der Waals surface area (Å²) in [5.74, 6) is 0. The number of rotatable bonds is 9. The van der Waals surface area contributed by atoms with Gasteiger partial charge in [-0.15, -0.1) is 0 Å². The third-order valence-electron chi connectivity index (χ3n) is 5.24. The Labute approximate surface area is 198 Å². The van der Waals surface area contributed by atoms with Crippen LogP contribution < -0.4 is 10.0 Å². The fourth-order valence-electron chi connectivity index (χ4n) is 3.45. The number of nitrogens with one attached hydrogen (secondary N) is 2. The van der Waals surface area contributed by atoms with Crippen LogP contribution in [0.4, 0.5) is 5.69 Å². The molecule has 3 aromatic carbocycles. The van der Waals surface area contributed by atoms with Crippen molar-refractivity contribution in [3.05, 3.63) is 101 Å². The number of pyridine rings is 1. The molecule has 4 rings (SSSR count). The van der Waals surface area contributed by atoms with Crippen molar-refractivity contribution in [3.8, 4) is 0 Å². The molecule has 1 aromatic heterocycles. The Morgan fingerprint density at radius 2 is 1.76 bits per heavy atom. The van der Waals surface area contributed by atoms with Crippen LogP contribution in [0, 0.1) is 0 Å². The lowest BCUT2D eigenvalue weighted by Gasteiger charge is -2.13. The Bertz CT molecular complexity index is 1340. The van der Waals surface area contributed by atoms with Crippen LogP contribution in [0.2, 0.25) is 5.02 Å². The first-order valence-electron chi connectivity index (χ1n) is 10.5. The number of hydrogen-bond acceptors (Lipinski definition) is 5. The highest BCUT2D eigenvalue weighted by molar-refractivity contribution is 7.92. The highest BCUT2D eigenvalue weighted by Crippen LogP contribution is 2.20. The van der Waals surface area contributed by atoms with Gasteiger partial charge in [-0.1, -0.05) is 54.1 Å². The van der Waals surface area contributed by atoms with E-state index in [0.717, 1.165) is 28.5 Å². The van der Waals surface area contributed by atoms with Crippen LogP contribution in [0.3, 0.4) is 0 Å². The molecule has 0 spiro atoms.